The number of allylic oxidation sites excluding steroid dienone is 4. The summed E-state index contributed by atoms with van der Waals surface area (Å²) in [5.74, 6) is -2.73. The molecule has 1 atom stereocenters. The molecule has 1 aromatic rings. The quantitative estimate of drug-likeness (QED) is 0.723. The third-order valence-corrected chi connectivity index (χ3v) is 3.45. The molecular weight excluding hydrogens is 218 g/mol. The molecule has 0 aliphatic heterocycles. The second-order valence-electron chi connectivity index (χ2n) is 4.39. The Balaban J connectivity index is 2.53. The number of halogens is 2. The summed E-state index contributed by atoms with van der Waals surface area (Å²) in [6.45, 7) is 1.54. The minimum atomic E-state index is -2.73. The molecule has 17 heavy (non-hydrogen) atoms. The predicted octanol–water partition coefficient (Wildman–Crippen LogP) is 4.49. The van der Waals surface area contributed by atoms with Crippen molar-refractivity contribution >= 4 is 0 Å². The molecule has 0 aromatic heterocycles. The van der Waals surface area contributed by atoms with Gasteiger partial charge in [-0.2, -0.15) is 0 Å². The fourth-order valence-corrected chi connectivity index (χ4v) is 2.37. The van der Waals surface area contributed by atoms with Crippen molar-refractivity contribution in [2.24, 2.45) is 0 Å². The van der Waals surface area contributed by atoms with E-state index >= 15 is 0 Å². The van der Waals surface area contributed by atoms with Gasteiger partial charge in [-0.3, -0.25) is 0 Å². The van der Waals surface area contributed by atoms with E-state index < -0.39 is 11.3 Å². The average Bonchev–Trinajstić information content (AvgIpc) is 2.40. The summed E-state index contributed by atoms with van der Waals surface area (Å²) in [6.07, 6.45) is 7.21. The van der Waals surface area contributed by atoms with Gasteiger partial charge in [0.05, 0.1) is 5.41 Å². The zero-order valence-corrected chi connectivity index (χ0v) is 9.87. The van der Waals surface area contributed by atoms with Gasteiger partial charge in [-0.25, -0.2) is 8.78 Å². The van der Waals surface area contributed by atoms with Crippen molar-refractivity contribution in [2.75, 3.05) is 0 Å². The topological polar surface area (TPSA) is 0 Å². The maximum atomic E-state index is 14.3. The largest absolute Gasteiger partial charge is 0.261 e. The van der Waals surface area contributed by atoms with E-state index in [4.69, 9.17) is 0 Å². The molecule has 0 radical (unpaired) electrons. The van der Waals surface area contributed by atoms with E-state index in [1.54, 1.807) is 24.3 Å². The van der Waals surface area contributed by atoms with Crippen molar-refractivity contribution in [3.8, 4) is 0 Å². The summed E-state index contributed by atoms with van der Waals surface area (Å²) < 4.78 is 28.6. The second kappa shape index (κ2) is 4.44. The van der Waals surface area contributed by atoms with Crippen LogP contribution in [0.15, 0.2) is 54.6 Å². The van der Waals surface area contributed by atoms with E-state index in [0.29, 0.717) is 12.0 Å². The molecule has 0 saturated carbocycles. The molecule has 0 N–H and O–H groups in total. The van der Waals surface area contributed by atoms with Crippen molar-refractivity contribution in [1.82, 2.24) is 0 Å². The molecule has 90 valence electrons. The van der Waals surface area contributed by atoms with Gasteiger partial charge in [0.25, 0.3) is 5.92 Å². The van der Waals surface area contributed by atoms with E-state index in [-0.39, 0.29) is 6.42 Å². The minimum Gasteiger partial charge on any atom is -0.206 e. The van der Waals surface area contributed by atoms with E-state index in [1.807, 2.05) is 30.4 Å². The normalized spacial score (nSPS) is 23.9. The minimum absolute atomic E-state index is 0.153. The fraction of sp³-hybridized carbons (Fsp3) is 0.333. The Morgan fingerprint density at radius 3 is 2.41 bits per heavy atom. The third-order valence-electron chi connectivity index (χ3n) is 3.45. The molecule has 1 aromatic carbocycles. The first-order valence-corrected chi connectivity index (χ1v) is 5.90. The zero-order valence-electron chi connectivity index (χ0n) is 9.87. The highest BCUT2D eigenvalue weighted by molar-refractivity contribution is 5.38. The van der Waals surface area contributed by atoms with Gasteiger partial charge >= 0.3 is 0 Å². The first-order valence-electron chi connectivity index (χ1n) is 5.90. The Kier molecular flexibility index (Phi) is 3.14. The maximum Gasteiger partial charge on any atom is 0.261 e. The van der Waals surface area contributed by atoms with Crippen LogP contribution >= 0.6 is 0 Å². The van der Waals surface area contributed by atoms with Crippen LogP contribution in [-0.2, 0) is 5.41 Å². The summed E-state index contributed by atoms with van der Waals surface area (Å²) in [7, 11) is 0. The molecule has 0 bridgehead atoms. The van der Waals surface area contributed by atoms with Crippen LogP contribution in [0.25, 0.3) is 0 Å². The maximum absolute atomic E-state index is 14.3. The van der Waals surface area contributed by atoms with Gasteiger partial charge in [0, 0.05) is 6.42 Å². The van der Waals surface area contributed by atoms with Crippen LogP contribution in [0.5, 0.6) is 0 Å². The highest BCUT2D eigenvalue weighted by Gasteiger charge is 2.51. The van der Waals surface area contributed by atoms with Crippen LogP contribution in [0.2, 0.25) is 0 Å². The van der Waals surface area contributed by atoms with Crippen LogP contribution in [0.3, 0.4) is 0 Å². The number of hydrogen-bond acceptors (Lipinski definition) is 0. The van der Waals surface area contributed by atoms with Crippen molar-refractivity contribution in [1.29, 1.82) is 0 Å². The Morgan fingerprint density at radius 2 is 1.88 bits per heavy atom. The molecule has 1 aliphatic rings. The van der Waals surface area contributed by atoms with Gasteiger partial charge in [-0.15, -0.1) is 0 Å². The average molecular weight is 234 g/mol. The lowest BCUT2D eigenvalue weighted by atomic mass is 9.70. The fourth-order valence-electron chi connectivity index (χ4n) is 2.37. The Hall–Kier alpha value is -1.44. The summed E-state index contributed by atoms with van der Waals surface area (Å²) >= 11 is 0. The standard InChI is InChI=1S/C15H16F2/c1-2-15(16,17)14(11-7-4-8-12-14)13-9-5-3-6-10-13/h3-11H,2,12H2,1H3. The van der Waals surface area contributed by atoms with Gasteiger partial charge in [0.1, 0.15) is 0 Å². The van der Waals surface area contributed by atoms with Crippen molar-refractivity contribution < 1.29 is 8.78 Å². The molecule has 0 saturated heterocycles. The van der Waals surface area contributed by atoms with E-state index in [2.05, 4.69) is 0 Å². The van der Waals surface area contributed by atoms with Crippen LogP contribution in [0.4, 0.5) is 8.78 Å². The van der Waals surface area contributed by atoms with Crippen molar-refractivity contribution in [2.45, 2.75) is 31.1 Å². The molecule has 1 unspecified atom stereocenters. The summed E-state index contributed by atoms with van der Waals surface area (Å²) in [4.78, 5) is 0. The van der Waals surface area contributed by atoms with Crippen molar-refractivity contribution in [3.05, 3.63) is 60.2 Å². The monoisotopic (exact) mass is 234 g/mol. The number of alkyl halides is 2. The molecule has 0 spiro atoms. The highest BCUT2D eigenvalue weighted by Crippen LogP contribution is 2.47. The molecule has 0 nitrogen and oxygen atoms in total. The van der Waals surface area contributed by atoms with Crippen LogP contribution in [0, 0.1) is 0 Å². The molecule has 0 amide bonds. The lowest BCUT2D eigenvalue weighted by Gasteiger charge is -2.39. The van der Waals surface area contributed by atoms with Crippen LogP contribution < -0.4 is 0 Å². The molecular formula is C15H16F2. The molecule has 1 aliphatic carbocycles. The van der Waals surface area contributed by atoms with E-state index in [9.17, 15) is 8.78 Å². The predicted molar refractivity (Wildman–Crippen MR) is 66.3 cm³/mol. The Bertz CT molecular complexity index is 431. The Morgan fingerprint density at radius 1 is 1.18 bits per heavy atom. The number of rotatable bonds is 3. The summed E-state index contributed by atoms with van der Waals surface area (Å²) in [5, 5.41) is 0. The highest BCUT2D eigenvalue weighted by atomic mass is 19.3. The van der Waals surface area contributed by atoms with Gasteiger partial charge in [-0.1, -0.05) is 61.6 Å². The van der Waals surface area contributed by atoms with Crippen LogP contribution in [0.1, 0.15) is 25.3 Å². The van der Waals surface area contributed by atoms with Crippen LogP contribution in [-0.4, -0.2) is 5.92 Å². The molecule has 0 heterocycles. The second-order valence-corrected chi connectivity index (χ2v) is 4.39. The van der Waals surface area contributed by atoms with Crippen molar-refractivity contribution in [3.63, 3.8) is 0 Å². The summed E-state index contributed by atoms with van der Waals surface area (Å²) in [6, 6.07) is 9.05. The smallest absolute Gasteiger partial charge is 0.206 e. The zero-order chi connectivity index (χ0) is 12.4. The van der Waals surface area contributed by atoms with E-state index in [1.165, 1.54) is 6.92 Å². The lowest BCUT2D eigenvalue weighted by molar-refractivity contribution is -0.0626. The number of benzene rings is 1. The molecule has 0 fully saturated rings. The lowest BCUT2D eigenvalue weighted by Crippen LogP contribution is -2.43. The van der Waals surface area contributed by atoms with Gasteiger partial charge < -0.3 is 0 Å². The Labute approximate surface area is 101 Å². The van der Waals surface area contributed by atoms with Gasteiger partial charge in [0.15, 0.2) is 0 Å². The summed E-state index contributed by atoms with van der Waals surface area (Å²) in [5.41, 5.74) is -0.495. The van der Waals surface area contributed by atoms with Gasteiger partial charge in [0.2, 0.25) is 0 Å². The molecule has 2 heteroatoms. The first kappa shape index (κ1) is 12.0. The first-order chi connectivity index (χ1) is 8.12. The molecule has 2 rings (SSSR count). The SMILES string of the molecule is CCC(F)(F)C1(c2ccccc2)C=CC=CC1. The van der Waals surface area contributed by atoms with Gasteiger partial charge in [-0.05, 0) is 12.0 Å². The number of hydrogen-bond donors (Lipinski definition) is 0. The van der Waals surface area contributed by atoms with E-state index in [0.717, 1.165) is 0 Å². The third kappa shape index (κ3) is 1.92.